The first-order chi connectivity index (χ1) is 8.65. The third-order valence-electron chi connectivity index (χ3n) is 3.38. The first kappa shape index (κ1) is 16.5. The average Bonchev–Trinajstić information content (AvgIpc) is 2.82. The lowest BCUT2D eigenvalue weighted by Crippen LogP contribution is -2.28. The number of amides is 1. The standard InChI is InChI=1S/C14H19BrN2O.ClH/c1-10(12-2-4-13(15)5-3-12)17-14(18)8-11-6-7-16-9-11;/h2-5,10-11,16H,6-9H2,1H3,(H,17,18);1H. The Morgan fingerprint density at radius 3 is 2.74 bits per heavy atom. The fourth-order valence-electron chi connectivity index (χ4n) is 2.29. The van der Waals surface area contributed by atoms with Crippen molar-refractivity contribution in [1.82, 2.24) is 10.6 Å². The van der Waals surface area contributed by atoms with Crippen molar-refractivity contribution in [3.05, 3.63) is 34.3 Å². The second-order valence-corrected chi connectivity index (χ2v) is 5.82. The lowest BCUT2D eigenvalue weighted by Gasteiger charge is -2.16. The largest absolute Gasteiger partial charge is 0.350 e. The smallest absolute Gasteiger partial charge is 0.220 e. The highest BCUT2D eigenvalue weighted by atomic mass is 79.9. The molecule has 1 fully saturated rings. The van der Waals surface area contributed by atoms with E-state index in [0.29, 0.717) is 12.3 Å². The Bertz CT molecular complexity index is 404. The zero-order valence-electron chi connectivity index (χ0n) is 11.0. The molecule has 0 bridgehead atoms. The van der Waals surface area contributed by atoms with Crippen molar-refractivity contribution in [2.75, 3.05) is 13.1 Å². The summed E-state index contributed by atoms with van der Waals surface area (Å²) in [6.45, 7) is 4.04. The number of nitrogens with one attached hydrogen (secondary N) is 2. The Morgan fingerprint density at radius 1 is 1.47 bits per heavy atom. The number of halogens is 2. The molecule has 2 atom stereocenters. The monoisotopic (exact) mass is 346 g/mol. The van der Waals surface area contributed by atoms with Crippen LogP contribution in [-0.2, 0) is 4.79 Å². The van der Waals surface area contributed by atoms with Gasteiger partial charge >= 0.3 is 0 Å². The molecular formula is C14H20BrClN2O. The van der Waals surface area contributed by atoms with Gasteiger partial charge in [0.25, 0.3) is 0 Å². The van der Waals surface area contributed by atoms with E-state index in [2.05, 4.69) is 26.6 Å². The van der Waals surface area contributed by atoms with Crippen molar-refractivity contribution in [1.29, 1.82) is 0 Å². The first-order valence-corrected chi connectivity index (χ1v) is 7.20. The van der Waals surface area contributed by atoms with Gasteiger partial charge in [-0.05, 0) is 50.0 Å². The fourth-order valence-corrected chi connectivity index (χ4v) is 2.55. The predicted molar refractivity (Wildman–Crippen MR) is 83.5 cm³/mol. The maximum absolute atomic E-state index is 11.9. The van der Waals surface area contributed by atoms with Gasteiger partial charge in [0.1, 0.15) is 0 Å². The molecule has 106 valence electrons. The molecule has 1 amide bonds. The van der Waals surface area contributed by atoms with Gasteiger partial charge in [-0.2, -0.15) is 0 Å². The predicted octanol–water partition coefficient (Wildman–Crippen LogP) is 3.05. The Kier molecular flexibility index (Phi) is 6.83. The minimum absolute atomic E-state index is 0. The molecule has 0 radical (unpaired) electrons. The Hall–Kier alpha value is -0.580. The second-order valence-electron chi connectivity index (χ2n) is 4.90. The topological polar surface area (TPSA) is 41.1 Å². The van der Waals surface area contributed by atoms with Crippen molar-refractivity contribution >= 4 is 34.2 Å². The van der Waals surface area contributed by atoms with Gasteiger partial charge in [-0.25, -0.2) is 0 Å². The lowest BCUT2D eigenvalue weighted by molar-refractivity contribution is -0.122. The van der Waals surface area contributed by atoms with Gasteiger partial charge in [-0.15, -0.1) is 12.4 Å². The zero-order chi connectivity index (χ0) is 13.0. The third-order valence-corrected chi connectivity index (χ3v) is 3.91. The van der Waals surface area contributed by atoms with Crippen LogP contribution in [-0.4, -0.2) is 19.0 Å². The molecule has 1 aromatic rings. The molecule has 0 saturated carbocycles. The van der Waals surface area contributed by atoms with E-state index in [4.69, 9.17) is 0 Å². The summed E-state index contributed by atoms with van der Waals surface area (Å²) in [7, 11) is 0. The van der Waals surface area contributed by atoms with Crippen molar-refractivity contribution in [3.8, 4) is 0 Å². The van der Waals surface area contributed by atoms with E-state index in [9.17, 15) is 4.79 Å². The van der Waals surface area contributed by atoms with Crippen LogP contribution in [0.3, 0.4) is 0 Å². The highest BCUT2D eigenvalue weighted by Gasteiger charge is 2.19. The second kappa shape index (κ2) is 7.88. The molecule has 1 aromatic carbocycles. The summed E-state index contributed by atoms with van der Waals surface area (Å²) in [4.78, 5) is 11.9. The van der Waals surface area contributed by atoms with Gasteiger partial charge < -0.3 is 10.6 Å². The van der Waals surface area contributed by atoms with E-state index >= 15 is 0 Å². The quantitative estimate of drug-likeness (QED) is 0.879. The van der Waals surface area contributed by atoms with Crippen LogP contribution in [0.1, 0.15) is 31.4 Å². The van der Waals surface area contributed by atoms with Crippen LogP contribution in [0.25, 0.3) is 0 Å². The molecule has 1 aliphatic heterocycles. The molecule has 1 heterocycles. The molecular weight excluding hydrogens is 328 g/mol. The summed E-state index contributed by atoms with van der Waals surface area (Å²) in [6.07, 6.45) is 1.74. The number of hydrogen-bond donors (Lipinski definition) is 2. The molecule has 1 aliphatic rings. The summed E-state index contributed by atoms with van der Waals surface area (Å²) in [5.41, 5.74) is 1.14. The van der Waals surface area contributed by atoms with E-state index < -0.39 is 0 Å². The minimum atomic E-state index is 0. The Balaban J connectivity index is 0.00000180. The zero-order valence-corrected chi connectivity index (χ0v) is 13.4. The molecule has 2 unspecified atom stereocenters. The van der Waals surface area contributed by atoms with Crippen molar-refractivity contribution in [2.24, 2.45) is 5.92 Å². The normalized spacial score (nSPS) is 19.6. The van der Waals surface area contributed by atoms with E-state index in [0.717, 1.165) is 29.5 Å². The van der Waals surface area contributed by atoms with Crippen molar-refractivity contribution in [3.63, 3.8) is 0 Å². The molecule has 5 heteroatoms. The van der Waals surface area contributed by atoms with Crippen molar-refractivity contribution < 1.29 is 4.79 Å². The summed E-state index contributed by atoms with van der Waals surface area (Å²) in [5.74, 6) is 0.654. The van der Waals surface area contributed by atoms with Gasteiger partial charge in [0.2, 0.25) is 5.91 Å². The van der Waals surface area contributed by atoms with E-state index in [-0.39, 0.29) is 24.4 Å². The number of hydrogen-bond acceptors (Lipinski definition) is 2. The average molecular weight is 348 g/mol. The van der Waals surface area contributed by atoms with Crippen LogP contribution in [0.15, 0.2) is 28.7 Å². The van der Waals surface area contributed by atoms with Gasteiger partial charge in [0.15, 0.2) is 0 Å². The summed E-state index contributed by atoms with van der Waals surface area (Å²) in [5, 5.41) is 6.34. The van der Waals surface area contributed by atoms with Gasteiger partial charge in [-0.3, -0.25) is 4.79 Å². The van der Waals surface area contributed by atoms with Crippen LogP contribution >= 0.6 is 28.3 Å². The molecule has 0 spiro atoms. The molecule has 0 aromatic heterocycles. The number of benzene rings is 1. The highest BCUT2D eigenvalue weighted by Crippen LogP contribution is 2.17. The molecule has 3 nitrogen and oxygen atoms in total. The summed E-state index contributed by atoms with van der Waals surface area (Å²) in [6, 6.07) is 8.13. The van der Waals surface area contributed by atoms with Crippen LogP contribution in [0, 0.1) is 5.92 Å². The van der Waals surface area contributed by atoms with Crippen LogP contribution in [0.4, 0.5) is 0 Å². The van der Waals surface area contributed by atoms with Crippen LogP contribution < -0.4 is 10.6 Å². The maximum Gasteiger partial charge on any atom is 0.220 e. The number of rotatable bonds is 4. The Morgan fingerprint density at radius 2 is 2.16 bits per heavy atom. The molecule has 19 heavy (non-hydrogen) atoms. The van der Waals surface area contributed by atoms with E-state index in [1.165, 1.54) is 0 Å². The molecule has 0 aliphatic carbocycles. The third kappa shape index (κ3) is 5.13. The fraction of sp³-hybridized carbons (Fsp3) is 0.500. The lowest BCUT2D eigenvalue weighted by atomic mass is 10.0. The minimum Gasteiger partial charge on any atom is -0.350 e. The summed E-state index contributed by atoms with van der Waals surface area (Å²) < 4.78 is 1.06. The SMILES string of the molecule is CC(NC(=O)CC1CCNC1)c1ccc(Br)cc1.Cl. The van der Waals surface area contributed by atoms with Crippen molar-refractivity contribution in [2.45, 2.75) is 25.8 Å². The number of carbonyl (C=O) groups excluding carboxylic acids is 1. The van der Waals surface area contributed by atoms with Gasteiger partial charge in [-0.1, -0.05) is 28.1 Å². The Labute approximate surface area is 129 Å². The van der Waals surface area contributed by atoms with E-state index in [1.807, 2.05) is 31.2 Å². The number of carbonyl (C=O) groups is 1. The van der Waals surface area contributed by atoms with E-state index in [1.54, 1.807) is 0 Å². The molecule has 2 rings (SSSR count). The van der Waals surface area contributed by atoms with Gasteiger partial charge in [0, 0.05) is 10.9 Å². The first-order valence-electron chi connectivity index (χ1n) is 6.40. The van der Waals surface area contributed by atoms with Crippen LogP contribution in [0.2, 0.25) is 0 Å². The van der Waals surface area contributed by atoms with Gasteiger partial charge in [0.05, 0.1) is 6.04 Å². The summed E-state index contributed by atoms with van der Waals surface area (Å²) >= 11 is 3.41. The maximum atomic E-state index is 11.9. The highest BCUT2D eigenvalue weighted by molar-refractivity contribution is 9.10. The molecule has 2 N–H and O–H groups in total. The van der Waals surface area contributed by atoms with Crippen LogP contribution in [0.5, 0.6) is 0 Å². The molecule has 1 saturated heterocycles.